The van der Waals surface area contributed by atoms with Crippen LogP contribution in [0.2, 0.25) is 0 Å². The molecule has 3 saturated heterocycles. The molecule has 4 atom stereocenters. The summed E-state index contributed by atoms with van der Waals surface area (Å²) in [7, 11) is 0.0941. The monoisotopic (exact) mass is 530 g/mol. The maximum absolute atomic E-state index is 14.0. The minimum absolute atomic E-state index is 0.0996. The van der Waals surface area contributed by atoms with Crippen molar-refractivity contribution in [3.05, 3.63) is 58.9 Å². The number of halogens is 1. The molecule has 37 heavy (non-hydrogen) atoms. The Morgan fingerprint density at radius 1 is 1.03 bits per heavy atom. The van der Waals surface area contributed by atoms with Crippen molar-refractivity contribution in [3.63, 3.8) is 0 Å². The average Bonchev–Trinajstić information content (AvgIpc) is 3.31. The molecule has 3 aliphatic heterocycles. The van der Waals surface area contributed by atoms with Gasteiger partial charge in [-0.25, -0.2) is 12.8 Å². The van der Waals surface area contributed by atoms with E-state index in [1.165, 1.54) is 11.6 Å². The van der Waals surface area contributed by atoms with Crippen LogP contribution in [0, 0.1) is 19.7 Å². The Balaban J connectivity index is 1.43. The zero-order valence-corrected chi connectivity index (χ0v) is 23.1. The molecule has 9 heteroatoms. The quantitative estimate of drug-likeness (QED) is 0.619. The minimum Gasteiger partial charge on any atom is -0.383 e. The van der Waals surface area contributed by atoms with Gasteiger partial charge in [0.1, 0.15) is 5.82 Å². The Kier molecular flexibility index (Phi) is 7.73. The Morgan fingerprint density at radius 2 is 1.76 bits per heavy atom. The van der Waals surface area contributed by atoms with Crippen LogP contribution in [0.25, 0.3) is 11.1 Å². The van der Waals surface area contributed by atoms with Crippen molar-refractivity contribution in [2.45, 2.75) is 50.2 Å². The van der Waals surface area contributed by atoms with Gasteiger partial charge in [0.15, 0.2) is 5.50 Å². The van der Waals surface area contributed by atoms with Crippen LogP contribution in [-0.4, -0.2) is 93.6 Å². The number of fused-ring (bicyclic) bond motifs is 1. The van der Waals surface area contributed by atoms with Gasteiger partial charge in [-0.15, -0.1) is 0 Å². The van der Waals surface area contributed by atoms with Crippen LogP contribution in [0.15, 0.2) is 36.4 Å². The summed E-state index contributed by atoms with van der Waals surface area (Å²) in [4.78, 5) is 4.33. The van der Waals surface area contributed by atoms with Gasteiger partial charge in [0.05, 0.1) is 6.61 Å². The van der Waals surface area contributed by atoms with Crippen molar-refractivity contribution >= 4 is 10.0 Å². The van der Waals surface area contributed by atoms with E-state index in [1.54, 1.807) is 11.4 Å². The molecule has 3 aliphatic rings. The third-order valence-corrected chi connectivity index (χ3v) is 10.8. The zero-order chi connectivity index (χ0) is 26.3. The van der Waals surface area contributed by atoms with Crippen molar-refractivity contribution < 1.29 is 17.5 Å². The molecule has 3 fully saturated rings. The van der Waals surface area contributed by atoms with Gasteiger partial charge in [-0.1, -0.05) is 30.3 Å². The van der Waals surface area contributed by atoms with Crippen molar-refractivity contribution in [1.29, 1.82) is 0 Å². The Morgan fingerprint density at radius 3 is 2.43 bits per heavy atom. The number of benzene rings is 2. The van der Waals surface area contributed by atoms with E-state index in [0.29, 0.717) is 31.8 Å². The fourth-order valence-electron chi connectivity index (χ4n) is 6.39. The largest absolute Gasteiger partial charge is 0.383 e. The summed E-state index contributed by atoms with van der Waals surface area (Å²) in [6.07, 6.45) is 1.82. The van der Waals surface area contributed by atoms with Gasteiger partial charge in [-0.3, -0.25) is 15.1 Å². The molecule has 0 radical (unpaired) electrons. The number of nitrogens with one attached hydrogen (secondary N) is 1. The van der Waals surface area contributed by atoms with Crippen LogP contribution < -0.4 is 5.32 Å². The highest BCUT2D eigenvalue weighted by Gasteiger charge is 2.51. The number of nitrogens with zero attached hydrogens (tertiary/aromatic N) is 3. The van der Waals surface area contributed by atoms with Crippen molar-refractivity contribution in [2.75, 3.05) is 53.5 Å². The first-order chi connectivity index (χ1) is 17.7. The Bertz CT molecular complexity index is 1220. The number of hydrogen-bond acceptors (Lipinski definition) is 6. The van der Waals surface area contributed by atoms with E-state index in [4.69, 9.17) is 4.74 Å². The van der Waals surface area contributed by atoms with Gasteiger partial charge in [0.25, 0.3) is 0 Å². The van der Waals surface area contributed by atoms with E-state index in [2.05, 4.69) is 34.5 Å². The predicted molar refractivity (Wildman–Crippen MR) is 144 cm³/mol. The number of ether oxygens (including phenoxy) is 1. The van der Waals surface area contributed by atoms with E-state index in [-0.39, 0.29) is 23.8 Å². The third kappa shape index (κ3) is 4.86. The molecular weight excluding hydrogens is 491 g/mol. The molecule has 2 aromatic rings. The molecule has 0 spiro atoms. The Hall–Kier alpha value is -1.88. The lowest BCUT2D eigenvalue weighted by molar-refractivity contribution is -0.0636. The van der Waals surface area contributed by atoms with Gasteiger partial charge in [0, 0.05) is 51.3 Å². The van der Waals surface area contributed by atoms with Gasteiger partial charge < -0.3 is 4.74 Å². The van der Waals surface area contributed by atoms with E-state index >= 15 is 0 Å². The van der Waals surface area contributed by atoms with Crippen LogP contribution in [0.4, 0.5) is 4.39 Å². The normalized spacial score (nSPS) is 27.9. The highest BCUT2D eigenvalue weighted by molar-refractivity contribution is 7.89. The van der Waals surface area contributed by atoms with E-state index in [0.717, 1.165) is 42.6 Å². The first-order valence-corrected chi connectivity index (χ1v) is 14.8. The Labute approximate surface area is 220 Å². The minimum atomic E-state index is -3.50. The number of rotatable bonds is 6. The molecule has 0 aromatic heterocycles. The lowest BCUT2D eigenvalue weighted by Crippen LogP contribution is -2.68. The third-order valence-electron chi connectivity index (χ3n) is 8.64. The maximum Gasteiger partial charge on any atom is 0.244 e. The van der Waals surface area contributed by atoms with Gasteiger partial charge in [-0.2, -0.15) is 4.31 Å². The van der Waals surface area contributed by atoms with Crippen LogP contribution in [0.3, 0.4) is 0 Å². The number of hydrogen-bond donors (Lipinski definition) is 1. The summed E-state index contributed by atoms with van der Waals surface area (Å²) >= 11 is 0. The topological polar surface area (TPSA) is 65.1 Å². The summed E-state index contributed by atoms with van der Waals surface area (Å²) in [6, 6.07) is 12.2. The average molecular weight is 531 g/mol. The first-order valence-electron chi connectivity index (χ1n) is 13.3. The van der Waals surface area contributed by atoms with E-state index in [9.17, 15) is 12.8 Å². The lowest BCUT2D eigenvalue weighted by atomic mass is 9.74. The molecule has 5 rings (SSSR count). The highest BCUT2D eigenvalue weighted by atomic mass is 32.2. The van der Waals surface area contributed by atoms with Gasteiger partial charge >= 0.3 is 0 Å². The molecular formula is C28H39FN4O3S. The number of methoxy groups -OCH3 is 1. The molecule has 7 nitrogen and oxygen atoms in total. The molecule has 0 saturated carbocycles. The van der Waals surface area contributed by atoms with Crippen molar-refractivity contribution in [1.82, 2.24) is 19.4 Å². The molecule has 0 bridgehead atoms. The van der Waals surface area contributed by atoms with Crippen LogP contribution >= 0.6 is 0 Å². The summed E-state index contributed by atoms with van der Waals surface area (Å²) in [5, 5.41) is 3.17. The second kappa shape index (κ2) is 10.7. The van der Waals surface area contributed by atoms with Crippen LogP contribution in [-0.2, 0) is 14.8 Å². The molecule has 3 heterocycles. The molecule has 0 aliphatic carbocycles. The van der Waals surface area contributed by atoms with Crippen molar-refractivity contribution in [2.24, 2.45) is 0 Å². The maximum atomic E-state index is 14.0. The summed E-state index contributed by atoms with van der Waals surface area (Å²) in [5.41, 5.74) is 4.25. The van der Waals surface area contributed by atoms with Gasteiger partial charge in [-0.05, 0) is 74.2 Å². The number of sulfonamides is 1. The summed E-state index contributed by atoms with van der Waals surface area (Å²) in [6.45, 7) is 7.79. The van der Waals surface area contributed by atoms with Crippen molar-refractivity contribution in [3.8, 4) is 11.1 Å². The summed E-state index contributed by atoms with van der Waals surface area (Å²) in [5.74, 6) is -0.00672. The molecule has 0 amide bonds. The molecule has 1 N–H and O–H groups in total. The zero-order valence-electron chi connectivity index (χ0n) is 22.3. The van der Waals surface area contributed by atoms with E-state index < -0.39 is 15.5 Å². The SMILES string of the molecule is COC[C@@H]1[C@@H](c2ccc(-c3ccc(F)c(C)c3C)cc2)C2CN(S(=O)(=O)C3NCCN3C)CCCCN21. The smallest absolute Gasteiger partial charge is 0.244 e. The summed E-state index contributed by atoms with van der Waals surface area (Å²) < 4.78 is 48.6. The fraction of sp³-hybridized carbons (Fsp3) is 0.571. The number of likely N-dealkylation sites (N-methyl/N-ethyl adjacent to an activating group) is 1. The second-order valence-corrected chi connectivity index (χ2v) is 12.7. The molecule has 202 valence electrons. The lowest BCUT2D eigenvalue weighted by Gasteiger charge is -2.57. The first kappa shape index (κ1) is 26.7. The fourth-order valence-corrected chi connectivity index (χ4v) is 8.30. The van der Waals surface area contributed by atoms with Crippen LogP contribution in [0.1, 0.15) is 35.4 Å². The van der Waals surface area contributed by atoms with Gasteiger partial charge in [0.2, 0.25) is 10.0 Å². The molecule has 2 aromatic carbocycles. The second-order valence-electron chi connectivity index (χ2n) is 10.7. The van der Waals surface area contributed by atoms with E-state index in [1.807, 2.05) is 31.9 Å². The molecule has 2 unspecified atom stereocenters. The predicted octanol–water partition coefficient (Wildman–Crippen LogP) is 3.14. The standard InChI is InChI=1S/C28H39FN4O3S/c1-19-20(2)24(29)12-11-23(19)21-7-9-22(10-8-21)27-25-17-32(37(34,35)28-30-13-16-31(28)3)14-5-6-15-33(25)26(27)18-36-4/h7-12,25-28,30H,5-6,13-18H2,1-4H3/t25?,26-,27+,28?/m1/s1. The van der Waals surface area contributed by atoms with Crippen LogP contribution in [0.5, 0.6) is 0 Å². The highest BCUT2D eigenvalue weighted by Crippen LogP contribution is 2.43.